The van der Waals surface area contributed by atoms with Gasteiger partial charge in [0, 0.05) is 37.4 Å². The quantitative estimate of drug-likeness (QED) is 0.858. The fraction of sp³-hybridized carbons (Fsp3) is 0.571. The second-order valence-electron chi connectivity index (χ2n) is 5.33. The number of methoxy groups -OCH3 is 1. The minimum Gasteiger partial charge on any atom is -0.481 e. The van der Waals surface area contributed by atoms with Gasteiger partial charge in [0.25, 0.3) is 0 Å². The number of pyridine rings is 1. The normalized spacial score (nSPS) is 18.7. The van der Waals surface area contributed by atoms with E-state index in [0.29, 0.717) is 18.8 Å². The van der Waals surface area contributed by atoms with Crippen molar-refractivity contribution in [2.45, 2.75) is 25.2 Å². The standard InChI is InChI=1S/C14H19F3N4O2/c1-23-12-10(3-2-5-18-12)7-19-13(22)20-11-4-6-21(8-11)9-14(15,16)17/h2-3,5,11H,4,6-9H2,1H3,(H2,19,20,22)/t11-/m0/s1. The van der Waals surface area contributed by atoms with E-state index in [1.807, 2.05) is 0 Å². The number of aromatic nitrogens is 1. The van der Waals surface area contributed by atoms with Crippen molar-refractivity contribution < 1.29 is 22.7 Å². The van der Waals surface area contributed by atoms with Crippen LogP contribution in [-0.4, -0.2) is 54.9 Å². The second kappa shape index (κ2) is 7.49. The van der Waals surface area contributed by atoms with Gasteiger partial charge >= 0.3 is 12.2 Å². The minimum atomic E-state index is -4.21. The fourth-order valence-electron chi connectivity index (χ4n) is 2.50. The number of amides is 2. The van der Waals surface area contributed by atoms with Crippen molar-refractivity contribution in [1.29, 1.82) is 0 Å². The Hall–Kier alpha value is -2.03. The molecule has 9 heteroatoms. The lowest BCUT2D eigenvalue weighted by Crippen LogP contribution is -2.43. The molecule has 128 valence electrons. The lowest BCUT2D eigenvalue weighted by molar-refractivity contribution is -0.143. The molecule has 2 N–H and O–H groups in total. The highest BCUT2D eigenvalue weighted by Gasteiger charge is 2.34. The molecular formula is C14H19F3N4O2. The number of ether oxygens (including phenoxy) is 1. The van der Waals surface area contributed by atoms with Gasteiger partial charge in [-0.2, -0.15) is 13.2 Å². The van der Waals surface area contributed by atoms with E-state index in [9.17, 15) is 18.0 Å². The lowest BCUT2D eigenvalue weighted by atomic mass is 10.2. The molecule has 0 unspecified atom stereocenters. The second-order valence-corrected chi connectivity index (χ2v) is 5.33. The summed E-state index contributed by atoms with van der Waals surface area (Å²) in [6.07, 6.45) is -2.14. The van der Waals surface area contributed by atoms with Gasteiger partial charge in [0.1, 0.15) is 0 Å². The Morgan fingerprint density at radius 2 is 2.30 bits per heavy atom. The van der Waals surface area contributed by atoms with E-state index in [4.69, 9.17) is 4.74 Å². The summed E-state index contributed by atoms with van der Waals surface area (Å²) in [5.41, 5.74) is 0.718. The summed E-state index contributed by atoms with van der Waals surface area (Å²) >= 11 is 0. The molecule has 1 fully saturated rings. The summed E-state index contributed by atoms with van der Waals surface area (Å²) in [7, 11) is 1.49. The zero-order valence-corrected chi connectivity index (χ0v) is 12.7. The number of hydrogen-bond donors (Lipinski definition) is 2. The molecule has 0 bridgehead atoms. The maximum absolute atomic E-state index is 12.3. The Morgan fingerprint density at radius 1 is 1.52 bits per heavy atom. The molecule has 0 saturated carbocycles. The Morgan fingerprint density at radius 3 is 3.00 bits per heavy atom. The number of likely N-dealkylation sites (tertiary alicyclic amines) is 1. The SMILES string of the molecule is COc1ncccc1CNC(=O)N[C@H]1CCN(CC(F)(F)F)C1. The van der Waals surface area contributed by atoms with Crippen LogP contribution >= 0.6 is 0 Å². The highest BCUT2D eigenvalue weighted by atomic mass is 19.4. The van der Waals surface area contributed by atoms with Gasteiger partial charge in [-0.1, -0.05) is 6.07 Å². The molecule has 23 heavy (non-hydrogen) atoms. The van der Waals surface area contributed by atoms with Crippen molar-refractivity contribution in [3.8, 4) is 5.88 Å². The van der Waals surface area contributed by atoms with Gasteiger partial charge in [-0.3, -0.25) is 4.90 Å². The molecule has 1 aromatic heterocycles. The van der Waals surface area contributed by atoms with E-state index in [2.05, 4.69) is 15.6 Å². The van der Waals surface area contributed by atoms with Crippen LogP contribution in [0.2, 0.25) is 0 Å². The number of hydrogen-bond acceptors (Lipinski definition) is 4. The average Bonchev–Trinajstić information content (AvgIpc) is 2.90. The molecule has 2 amide bonds. The molecule has 1 aliphatic rings. The third-order valence-electron chi connectivity index (χ3n) is 3.49. The Balaban J connectivity index is 1.75. The largest absolute Gasteiger partial charge is 0.481 e. The predicted octanol–water partition coefficient (Wildman–Crippen LogP) is 1.53. The monoisotopic (exact) mass is 332 g/mol. The number of halogens is 3. The molecule has 6 nitrogen and oxygen atoms in total. The Labute approximate surface area is 132 Å². The van der Waals surface area contributed by atoms with Gasteiger partial charge in [-0.25, -0.2) is 9.78 Å². The van der Waals surface area contributed by atoms with E-state index >= 15 is 0 Å². The molecule has 1 aromatic rings. The number of nitrogens with zero attached hydrogens (tertiary/aromatic N) is 2. The topological polar surface area (TPSA) is 66.5 Å². The van der Waals surface area contributed by atoms with Gasteiger partial charge < -0.3 is 15.4 Å². The van der Waals surface area contributed by atoms with Crippen molar-refractivity contribution >= 4 is 6.03 Å². The molecule has 0 aromatic carbocycles. The maximum Gasteiger partial charge on any atom is 0.401 e. The lowest BCUT2D eigenvalue weighted by Gasteiger charge is -2.18. The van der Waals surface area contributed by atoms with Gasteiger partial charge in [-0.05, 0) is 12.5 Å². The van der Waals surface area contributed by atoms with E-state index in [1.54, 1.807) is 18.3 Å². The number of carbonyl (C=O) groups is 1. The number of nitrogens with one attached hydrogen (secondary N) is 2. The van der Waals surface area contributed by atoms with Crippen LogP contribution in [-0.2, 0) is 6.54 Å². The number of rotatable bonds is 5. The summed E-state index contributed by atoms with van der Waals surface area (Å²) in [5.74, 6) is 0.421. The maximum atomic E-state index is 12.3. The first-order chi connectivity index (χ1) is 10.9. The van der Waals surface area contributed by atoms with Crippen LogP contribution in [0, 0.1) is 0 Å². The van der Waals surface area contributed by atoms with Crippen LogP contribution in [0.4, 0.5) is 18.0 Å². The summed E-state index contributed by atoms with van der Waals surface area (Å²) in [4.78, 5) is 17.1. The first-order valence-electron chi connectivity index (χ1n) is 7.19. The predicted molar refractivity (Wildman–Crippen MR) is 77.1 cm³/mol. The van der Waals surface area contributed by atoms with Crippen molar-refractivity contribution in [3.05, 3.63) is 23.9 Å². The Kier molecular flexibility index (Phi) is 5.64. The summed E-state index contributed by atoms with van der Waals surface area (Å²) in [6.45, 7) is -0.203. The molecule has 0 radical (unpaired) electrons. The van der Waals surface area contributed by atoms with Crippen molar-refractivity contribution in [1.82, 2.24) is 20.5 Å². The average molecular weight is 332 g/mol. The van der Waals surface area contributed by atoms with Gasteiger partial charge in [0.15, 0.2) is 0 Å². The van der Waals surface area contributed by atoms with E-state index < -0.39 is 18.8 Å². The van der Waals surface area contributed by atoms with Crippen LogP contribution in [0.1, 0.15) is 12.0 Å². The van der Waals surface area contributed by atoms with Crippen LogP contribution in [0.3, 0.4) is 0 Å². The molecule has 1 atom stereocenters. The van der Waals surface area contributed by atoms with Gasteiger partial charge in [0.05, 0.1) is 13.7 Å². The first-order valence-corrected chi connectivity index (χ1v) is 7.19. The van der Waals surface area contributed by atoms with E-state index in [-0.39, 0.29) is 19.1 Å². The zero-order valence-electron chi connectivity index (χ0n) is 12.7. The third-order valence-corrected chi connectivity index (χ3v) is 3.49. The van der Waals surface area contributed by atoms with Gasteiger partial charge in [-0.15, -0.1) is 0 Å². The molecule has 0 spiro atoms. The highest BCUT2D eigenvalue weighted by molar-refractivity contribution is 5.74. The molecule has 0 aliphatic carbocycles. The number of alkyl halides is 3. The highest BCUT2D eigenvalue weighted by Crippen LogP contribution is 2.20. The first kappa shape index (κ1) is 17.3. The van der Waals surface area contributed by atoms with Crippen LogP contribution in [0.5, 0.6) is 5.88 Å². The summed E-state index contributed by atoms with van der Waals surface area (Å²) in [5, 5.41) is 5.33. The van der Waals surface area contributed by atoms with Crippen molar-refractivity contribution in [2.75, 3.05) is 26.7 Å². The van der Waals surface area contributed by atoms with Crippen molar-refractivity contribution in [2.24, 2.45) is 0 Å². The number of urea groups is 1. The van der Waals surface area contributed by atoms with Gasteiger partial charge in [0.2, 0.25) is 5.88 Å². The third kappa shape index (κ3) is 5.59. The minimum absolute atomic E-state index is 0.198. The van der Waals surface area contributed by atoms with Crippen LogP contribution in [0.15, 0.2) is 18.3 Å². The summed E-state index contributed by atoms with van der Waals surface area (Å²) in [6, 6.07) is 2.79. The number of carbonyl (C=O) groups excluding carboxylic acids is 1. The zero-order chi connectivity index (χ0) is 16.9. The van der Waals surface area contributed by atoms with Crippen LogP contribution < -0.4 is 15.4 Å². The van der Waals surface area contributed by atoms with E-state index in [0.717, 1.165) is 5.56 Å². The molecule has 1 aliphatic heterocycles. The fourth-order valence-corrected chi connectivity index (χ4v) is 2.50. The smallest absolute Gasteiger partial charge is 0.401 e. The molecule has 2 heterocycles. The summed E-state index contributed by atoms with van der Waals surface area (Å²) < 4.78 is 42.0. The molecule has 2 rings (SSSR count). The molecule has 1 saturated heterocycles. The Bertz CT molecular complexity index is 539. The molecular weight excluding hydrogens is 313 g/mol. The van der Waals surface area contributed by atoms with Crippen LogP contribution in [0.25, 0.3) is 0 Å². The van der Waals surface area contributed by atoms with Crippen molar-refractivity contribution in [3.63, 3.8) is 0 Å². The van der Waals surface area contributed by atoms with E-state index in [1.165, 1.54) is 12.0 Å².